The van der Waals surface area contributed by atoms with Crippen LogP contribution in [0.2, 0.25) is 0 Å². The third-order valence-electron chi connectivity index (χ3n) is 6.54. The second-order valence-corrected chi connectivity index (χ2v) is 8.22. The zero-order chi connectivity index (χ0) is 18.1. The summed E-state index contributed by atoms with van der Waals surface area (Å²) in [6, 6.07) is 18.3. The van der Waals surface area contributed by atoms with Crippen molar-refractivity contribution in [1.29, 1.82) is 0 Å². The molecule has 2 bridgehead atoms. The van der Waals surface area contributed by atoms with E-state index in [1.807, 2.05) is 0 Å². The van der Waals surface area contributed by atoms with Crippen LogP contribution in [0.1, 0.15) is 47.9 Å². The predicted octanol–water partition coefficient (Wildman–Crippen LogP) is 4.86. The molecule has 0 amide bonds. The van der Waals surface area contributed by atoms with Gasteiger partial charge in [0, 0.05) is 31.0 Å². The molecule has 2 saturated heterocycles. The molecule has 0 radical (unpaired) electrons. The van der Waals surface area contributed by atoms with Gasteiger partial charge in [-0.3, -0.25) is 9.69 Å². The summed E-state index contributed by atoms with van der Waals surface area (Å²) in [5.74, 6) is 0.706. The van der Waals surface area contributed by atoms with Crippen molar-refractivity contribution >= 4 is 5.78 Å². The molecule has 0 aromatic heterocycles. The molecule has 2 aliphatic heterocycles. The topological polar surface area (TPSA) is 20.3 Å². The highest BCUT2D eigenvalue weighted by atomic mass is 16.1. The maximum Gasteiger partial charge on any atom is 0.140 e. The van der Waals surface area contributed by atoms with E-state index in [2.05, 4.69) is 67.3 Å². The molecule has 0 N–H and O–H groups in total. The summed E-state index contributed by atoms with van der Waals surface area (Å²) < 4.78 is 0. The van der Waals surface area contributed by atoms with Crippen molar-refractivity contribution in [2.75, 3.05) is 0 Å². The average Bonchev–Trinajstić information content (AvgIpc) is 2.87. The van der Waals surface area contributed by atoms with Crippen LogP contribution in [-0.4, -0.2) is 22.8 Å². The summed E-state index contributed by atoms with van der Waals surface area (Å²) in [7, 11) is 0. The minimum atomic E-state index is 0.249. The maximum atomic E-state index is 13.0. The van der Waals surface area contributed by atoms with Crippen LogP contribution in [-0.2, 0) is 17.8 Å². The Hall–Kier alpha value is -1.93. The summed E-state index contributed by atoms with van der Waals surface area (Å²) in [6.45, 7) is 5.29. The van der Waals surface area contributed by atoms with Gasteiger partial charge in [0.05, 0.1) is 0 Å². The van der Waals surface area contributed by atoms with Gasteiger partial charge < -0.3 is 0 Å². The van der Waals surface area contributed by atoms with Gasteiger partial charge in [0.15, 0.2) is 0 Å². The van der Waals surface area contributed by atoms with Crippen LogP contribution >= 0.6 is 0 Å². The Labute approximate surface area is 157 Å². The first kappa shape index (κ1) is 17.5. The molecule has 136 valence electrons. The van der Waals surface area contributed by atoms with E-state index in [0.717, 1.165) is 19.4 Å². The molecule has 4 rings (SSSR count). The second kappa shape index (κ2) is 7.36. The molecule has 0 spiro atoms. The van der Waals surface area contributed by atoms with Crippen molar-refractivity contribution in [3.63, 3.8) is 0 Å². The lowest BCUT2D eigenvalue weighted by molar-refractivity contribution is -0.124. The van der Waals surface area contributed by atoms with E-state index in [9.17, 15) is 4.79 Å². The first-order valence-electron chi connectivity index (χ1n) is 9.99. The van der Waals surface area contributed by atoms with Gasteiger partial charge in [-0.1, -0.05) is 48.5 Å². The lowest BCUT2D eigenvalue weighted by Gasteiger charge is -2.38. The van der Waals surface area contributed by atoms with Gasteiger partial charge in [-0.05, 0) is 61.8 Å². The molecule has 2 heteroatoms. The number of carbonyl (C=O) groups excluding carboxylic acids is 1. The number of benzene rings is 2. The van der Waals surface area contributed by atoms with Crippen molar-refractivity contribution < 1.29 is 4.79 Å². The number of ketones is 1. The maximum absolute atomic E-state index is 13.0. The summed E-state index contributed by atoms with van der Waals surface area (Å²) in [5, 5.41) is 0. The Kier molecular flexibility index (Phi) is 4.95. The van der Waals surface area contributed by atoms with E-state index in [1.54, 1.807) is 0 Å². The second-order valence-electron chi connectivity index (χ2n) is 8.22. The van der Waals surface area contributed by atoms with Gasteiger partial charge in [0.25, 0.3) is 0 Å². The van der Waals surface area contributed by atoms with Crippen LogP contribution in [0.25, 0.3) is 0 Å². The Morgan fingerprint density at radius 3 is 2.15 bits per heavy atom. The summed E-state index contributed by atoms with van der Waals surface area (Å²) >= 11 is 0. The molecule has 26 heavy (non-hydrogen) atoms. The zero-order valence-electron chi connectivity index (χ0n) is 15.9. The van der Waals surface area contributed by atoms with Gasteiger partial charge in [0.1, 0.15) is 5.78 Å². The fraction of sp³-hybridized carbons (Fsp3) is 0.458. The molecule has 2 nitrogen and oxygen atoms in total. The van der Waals surface area contributed by atoms with Gasteiger partial charge in [-0.25, -0.2) is 0 Å². The Balaban J connectivity index is 1.43. The SMILES string of the molecule is Cc1cccc(C)c1CC(=O)C1CC2CCC(C1)N2Cc1ccccc1. The molecule has 0 aliphatic carbocycles. The van der Waals surface area contributed by atoms with Crippen molar-refractivity contribution in [1.82, 2.24) is 4.90 Å². The van der Waals surface area contributed by atoms with Crippen molar-refractivity contribution in [2.24, 2.45) is 5.92 Å². The van der Waals surface area contributed by atoms with E-state index in [1.165, 1.54) is 35.1 Å². The third-order valence-corrected chi connectivity index (χ3v) is 6.54. The molecule has 2 unspecified atom stereocenters. The highest BCUT2D eigenvalue weighted by molar-refractivity contribution is 5.84. The Morgan fingerprint density at radius 1 is 0.923 bits per heavy atom. The average molecular weight is 348 g/mol. The summed E-state index contributed by atoms with van der Waals surface area (Å²) in [4.78, 5) is 15.7. The lowest BCUT2D eigenvalue weighted by atomic mass is 9.83. The lowest BCUT2D eigenvalue weighted by Crippen LogP contribution is -2.44. The monoisotopic (exact) mass is 347 g/mol. The molecular formula is C24H29NO. The fourth-order valence-corrected chi connectivity index (χ4v) is 5.04. The number of aryl methyl sites for hydroxylation is 2. The summed E-state index contributed by atoms with van der Waals surface area (Å²) in [6.07, 6.45) is 5.22. The van der Waals surface area contributed by atoms with Gasteiger partial charge in [0.2, 0.25) is 0 Å². The van der Waals surface area contributed by atoms with Crippen LogP contribution in [0.15, 0.2) is 48.5 Å². The standard InChI is InChI=1S/C24H29NO/c1-17-7-6-8-18(2)23(17)15-24(26)20-13-21-11-12-22(14-20)25(21)16-19-9-4-3-5-10-19/h3-10,20-22H,11-16H2,1-2H3. The van der Waals surface area contributed by atoms with Crippen LogP contribution < -0.4 is 0 Å². The number of hydrogen-bond acceptors (Lipinski definition) is 2. The third kappa shape index (κ3) is 3.48. The highest BCUT2D eigenvalue weighted by Crippen LogP contribution is 2.40. The normalized spacial score (nSPS) is 25.4. The molecule has 2 aromatic rings. The van der Waals surface area contributed by atoms with E-state index < -0.39 is 0 Å². The molecule has 2 aromatic carbocycles. The van der Waals surface area contributed by atoms with Crippen molar-refractivity contribution in [2.45, 2.75) is 64.6 Å². The Morgan fingerprint density at radius 2 is 1.54 bits per heavy atom. The smallest absolute Gasteiger partial charge is 0.140 e. The number of carbonyl (C=O) groups is 1. The molecule has 2 fully saturated rings. The van der Waals surface area contributed by atoms with Gasteiger partial charge >= 0.3 is 0 Å². The Bertz CT molecular complexity index is 748. The number of piperidine rings is 1. The van der Waals surface area contributed by atoms with E-state index in [-0.39, 0.29) is 5.92 Å². The first-order valence-corrected chi connectivity index (χ1v) is 9.99. The minimum Gasteiger partial charge on any atom is -0.299 e. The minimum absolute atomic E-state index is 0.249. The van der Waals surface area contributed by atoms with Gasteiger partial charge in [-0.15, -0.1) is 0 Å². The van der Waals surface area contributed by atoms with Crippen molar-refractivity contribution in [3.8, 4) is 0 Å². The van der Waals surface area contributed by atoms with Crippen LogP contribution in [0, 0.1) is 19.8 Å². The van der Waals surface area contributed by atoms with E-state index in [0.29, 0.717) is 24.3 Å². The largest absolute Gasteiger partial charge is 0.299 e. The van der Waals surface area contributed by atoms with Crippen LogP contribution in [0.3, 0.4) is 0 Å². The van der Waals surface area contributed by atoms with Crippen LogP contribution in [0.4, 0.5) is 0 Å². The zero-order valence-corrected chi connectivity index (χ0v) is 15.9. The quantitative estimate of drug-likeness (QED) is 0.770. The predicted molar refractivity (Wildman–Crippen MR) is 106 cm³/mol. The number of fused-ring (bicyclic) bond motifs is 2. The number of rotatable bonds is 5. The molecule has 2 heterocycles. The number of Topliss-reactive ketones (excluding diaryl/α,β-unsaturated/α-hetero) is 1. The molecule has 0 saturated carbocycles. The van der Waals surface area contributed by atoms with Gasteiger partial charge in [-0.2, -0.15) is 0 Å². The number of hydrogen-bond donors (Lipinski definition) is 0. The molecule has 2 aliphatic rings. The van der Waals surface area contributed by atoms with E-state index in [4.69, 9.17) is 0 Å². The number of nitrogens with zero attached hydrogens (tertiary/aromatic N) is 1. The molecular weight excluding hydrogens is 318 g/mol. The van der Waals surface area contributed by atoms with Crippen LogP contribution in [0.5, 0.6) is 0 Å². The highest BCUT2D eigenvalue weighted by Gasteiger charge is 2.42. The van der Waals surface area contributed by atoms with E-state index >= 15 is 0 Å². The van der Waals surface area contributed by atoms with Crippen molar-refractivity contribution in [3.05, 3.63) is 70.8 Å². The first-order chi connectivity index (χ1) is 12.6. The molecule has 2 atom stereocenters. The summed E-state index contributed by atoms with van der Waals surface area (Å²) in [5.41, 5.74) is 5.15. The fourth-order valence-electron chi connectivity index (χ4n) is 5.04.